The number of nitrogens with one attached hydrogen (secondary N) is 1. The fraction of sp³-hybridized carbons (Fsp3) is 0.500. The SMILES string of the molecule is O=C(O)C1Cc2ccccc2CN1C(=O)[C@@H]1CCCNC1. The highest BCUT2D eigenvalue weighted by Gasteiger charge is 2.37. The second-order valence-electron chi connectivity index (χ2n) is 5.84. The molecule has 0 radical (unpaired) electrons. The van der Waals surface area contributed by atoms with Gasteiger partial charge in [-0.25, -0.2) is 4.79 Å². The van der Waals surface area contributed by atoms with E-state index in [0.29, 0.717) is 19.5 Å². The number of fused-ring (bicyclic) bond motifs is 1. The summed E-state index contributed by atoms with van der Waals surface area (Å²) in [7, 11) is 0. The van der Waals surface area contributed by atoms with E-state index in [0.717, 1.165) is 30.5 Å². The normalized spacial score (nSPS) is 25.2. The van der Waals surface area contributed by atoms with Gasteiger partial charge in [0, 0.05) is 19.5 Å². The van der Waals surface area contributed by atoms with E-state index < -0.39 is 12.0 Å². The summed E-state index contributed by atoms with van der Waals surface area (Å²) in [5, 5.41) is 12.7. The molecule has 2 atom stereocenters. The van der Waals surface area contributed by atoms with E-state index in [4.69, 9.17) is 0 Å². The molecule has 5 heteroatoms. The Morgan fingerprint density at radius 3 is 2.67 bits per heavy atom. The zero-order valence-corrected chi connectivity index (χ0v) is 11.9. The molecule has 1 saturated heterocycles. The van der Waals surface area contributed by atoms with Crippen LogP contribution in [0.1, 0.15) is 24.0 Å². The zero-order valence-electron chi connectivity index (χ0n) is 11.9. The molecule has 112 valence electrons. The number of rotatable bonds is 2. The van der Waals surface area contributed by atoms with Crippen LogP contribution in [0, 0.1) is 5.92 Å². The Balaban J connectivity index is 1.85. The first kappa shape index (κ1) is 14.1. The van der Waals surface area contributed by atoms with Gasteiger partial charge in [0.25, 0.3) is 0 Å². The fourth-order valence-electron chi connectivity index (χ4n) is 3.27. The predicted octanol–water partition coefficient (Wildman–Crippen LogP) is 1.02. The number of carbonyl (C=O) groups excluding carboxylic acids is 1. The van der Waals surface area contributed by atoms with E-state index in [1.165, 1.54) is 0 Å². The highest BCUT2D eigenvalue weighted by molar-refractivity contribution is 5.86. The molecule has 1 aromatic rings. The summed E-state index contributed by atoms with van der Waals surface area (Å²) in [5.41, 5.74) is 2.10. The number of amides is 1. The third-order valence-electron chi connectivity index (χ3n) is 4.46. The molecule has 0 aliphatic carbocycles. The average Bonchev–Trinajstić information content (AvgIpc) is 2.53. The molecule has 1 aromatic carbocycles. The molecule has 5 nitrogen and oxygen atoms in total. The van der Waals surface area contributed by atoms with Gasteiger partial charge in [0.2, 0.25) is 5.91 Å². The van der Waals surface area contributed by atoms with Crippen LogP contribution in [0.2, 0.25) is 0 Å². The van der Waals surface area contributed by atoms with Gasteiger partial charge >= 0.3 is 5.97 Å². The minimum absolute atomic E-state index is 0.0240. The summed E-state index contributed by atoms with van der Waals surface area (Å²) in [5.74, 6) is -1.03. The Morgan fingerprint density at radius 2 is 2.00 bits per heavy atom. The van der Waals surface area contributed by atoms with Crippen molar-refractivity contribution in [3.05, 3.63) is 35.4 Å². The molecule has 0 saturated carbocycles. The lowest BCUT2D eigenvalue weighted by molar-refractivity contribution is -0.153. The van der Waals surface area contributed by atoms with Gasteiger partial charge < -0.3 is 15.3 Å². The van der Waals surface area contributed by atoms with Gasteiger partial charge in [-0.15, -0.1) is 0 Å². The van der Waals surface area contributed by atoms with Crippen LogP contribution in [-0.4, -0.2) is 41.0 Å². The molecule has 0 spiro atoms. The van der Waals surface area contributed by atoms with Crippen LogP contribution in [0.15, 0.2) is 24.3 Å². The third kappa shape index (κ3) is 2.78. The van der Waals surface area contributed by atoms with E-state index in [-0.39, 0.29) is 11.8 Å². The molecular weight excluding hydrogens is 268 g/mol. The quantitative estimate of drug-likeness (QED) is 0.852. The first-order valence-corrected chi connectivity index (χ1v) is 7.47. The van der Waals surface area contributed by atoms with Crippen molar-refractivity contribution in [3.63, 3.8) is 0 Å². The number of hydrogen-bond donors (Lipinski definition) is 2. The number of carbonyl (C=O) groups is 2. The molecule has 2 N–H and O–H groups in total. The Bertz CT molecular complexity index is 552. The third-order valence-corrected chi connectivity index (χ3v) is 4.46. The van der Waals surface area contributed by atoms with Crippen molar-refractivity contribution in [3.8, 4) is 0 Å². The summed E-state index contributed by atoms with van der Waals surface area (Å²) in [4.78, 5) is 25.8. The van der Waals surface area contributed by atoms with Crippen molar-refractivity contribution >= 4 is 11.9 Å². The number of hydrogen-bond acceptors (Lipinski definition) is 3. The van der Waals surface area contributed by atoms with Gasteiger partial charge in [-0.3, -0.25) is 4.79 Å². The summed E-state index contributed by atoms with van der Waals surface area (Å²) >= 11 is 0. The van der Waals surface area contributed by atoms with Crippen molar-refractivity contribution in [1.29, 1.82) is 0 Å². The van der Waals surface area contributed by atoms with Crippen LogP contribution in [0.4, 0.5) is 0 Å². The van der Waals surface area contributed by atoms with Crippen LogP contribution in [0.5, 0.6) is 0 Å². The summed E-state index contributed by atoms with van der Waals surface area (Å²) in [6.07, 6.45) is 2.21. The van der Waals surface area contributed by atoms with Crippen LogP contribution >= 0.6 is 0 Å². The van der Waals surface area contributed by atoms with E-state index in [9.17, 15) is 14.7 Å². The van der Waals surface area contributed by atoms with Gasteiger partial charge in [-0.2, -0.15) is 0 Å². The van der Waals surface area contributed by atoms with Crippen LogP contribution in [0.3, 0.4) is 0 Å². The zero-order chi connectivity index (χ0) is 14.8. The topological polar surface area (TPSA) is 69.6 Å². The Labute approximate surface area is 123 Å². The number of carboxylic acids is 1. The van der Waals surface area contributed by atoms with Crippen LogP contribution in [0.25, 0.3) is 0 Å². The first-order valence-electron chi connectivity index (χ1n) is 7.47. The van der Waals surface area contributed by atoms with Crippen molar-refractivity contribution in [2.45, 2.75) is 31.8 Å². The van der Waals surface area contributed by atoms with Crippen molar-refractivity contribution in [1.82, 2.24) is 10.2 Å². The number of aliphatic carboxylic acids is 1. The van der Waals surface area contributed by atoms with Gasteiger partial charge in [0.15, 0.2) is 0 Å². The maximum absolute atomic E-state index is 12.7. The summed E-state index contributed by atoms with van der Waals surface area (Å²) < 4.78 is 0. The molecule has 1 fully saturated rings. The Hall–Kier alpha value is -1.88. The lowest BCUT2D eigenvalue weighted by Crippen LogP contribution is -2.52. The van der Waals surface area contributed by atoms with Crippen LogP contribution in [-0.2, 0) is 22.6 Å². The summed E-state index contributed by atoms with van der Waals surface area (Å²) in [6, 6.07) is 7.04. The molecule has 2 aliphatic rings. The molecule has 3 rings (SSSR count). The second kappa shape index (κ2) is 5.85. The van der Waals surface area contributed by atoms with Crippen molar-refractivity contribution in [2.24, 2.45) is 5.92 Å². The number of benzene rings is 1. The molecule has 1 amide bonds. The molecule has 21 heavy (non-hydrogen) atoms. The molecule has 0 bridgehead atoms. The van der Waals surface area contributed by atoms with Gasteiger partial charge in [0.1, 0.15) is 6.04 Å². The number of piperidine rings is 1. The Kier molecular flexibility index (Phi) is 3.92. The molecule has 0 aromatic heterocycles. The molecule has 2 aliphatic heterocycles. The monoisotopic (exact) mass is 288 g/mol. The average molecular weight is 288 g/mol. The molecule has 1 unspecified atom stereocenters. The van der Waals surface area contributed by atoms with Crippen molar-refractivity contribution in [2.75, 3.05) is 13.1 Å². The summed E-state index contributed by atoms with van der Waals surface area (Å²) in [6.45, 7) is 2.00. The van der Waals surface area contributed by atoms with E-state index in [1.807, 2.05) is 24.3 Å². The van der Waals surface area contributed by atoms with E-state index >= 15 is 0 Å². The van der Waals surface area contributed by atoms with Gasteiger partial charge in [-0.05, 0) is 30.5 Å². The first-order chi connectivity index (χ1) is 10.2. The lowest BCUT2D eigenvalue weighted by atomic mass is 9.91. The highest BCUT2D eigenvalue weighted by atomic mass is 16.4. The largest absolute Gasteiger partial charge is 0.480 e. The number of nitrogens with zero attached hydrogens (tertiary/aromatic N) is 1. The number of carboxylic acid groups (broad SMARTS) is 1. The molecular formula is C16H20N2O3. The lowest BCUT2D eigenvalue weighted by Gasteiger charge is -2.37. The van der Waals surface area contributed by atoms with Crippen molar-refractivity contribution < 1.29 is 14.7 Å². The Morgan fingerprint density at radius 1 is 1.24 bits per heavy atom. The minimum Gasteiger partial charge on any atom is -0.480 e. The maximum atomic E-state index is 12.7. The van der Waals surface area contributed by atoms with E-state index in [1.54, 1.807) is 4.90 Å². The highest BCUT2D eigenvalue weighted by Crippen LogP contribution is 2.26. The second-order valence-corrected chi connectivity index (χ2v) is 5.84. The minimum atomic E-state index is -0.915. The maximum Gasteiger partial charge on any atom is 0.326 e. The fourth-order valence-corrected chi connectivity index (χ4v) is 3.27. The van der Waals surface area contributed by atoms with E-state index in [2.05, 4.69) is 5.32 Å². The van der Waals surface area contributed by atoms with Crippen LogP contribution < -0.4 is 5.32 Å². The standard InChI is InChI=1S/C16H20N2O3/c19-15(12-6-3-7-17-9-12)18-10-13-5-2-1-4-11(13)8-14(18)16(20)21/h1-2,4-5,12,14,17H,3,6-10H2,(H,20,21)/t12-,14?/m1/s1. The van der Waals surface area contributed by atoms with Gasteiger partial charge in [0.05, 0.1) is 5.92 Å². The smallest absolute Gasteiger partial charge is 0.326 e. The predicted molar refractivity (Wildman–Crippen MR) is 77.7 cm³/mol. The van der Waals surface area contributed by atoms with Gasteiger partial charge in [-0.1, -0.05) is 24.3 Å². The molecule has 2 heterocycles.